The molecule has 3 aromatic carbocycles. The number of carbonyl (C=O) groups excluding carboxylic acids is 2. The molecule has 3 aromatic rings. The first-order valence-electron chi connectivity index (χ1n) is 10.5. The van der Waals surface area contributed by atoms with Gasteiger partial charge in [-0.3, -0.25) is 9.59 Å². The summed E-state index contributed by atoms with van der Waals surface area (Å²) in [5.41, 5.74) is 5.95. The number of carbonyl (C=O) groups is 2. The van der Waals surface area contributed by atoms with Crippen molar-refractivity contribution in [3.05, 3.63) is 94.5 Å². The molecule has 5 nitrogen and oxygen atoms in total. The monoisotopic (exact) mass is 414 g/mol. The summed E-state index contributed by atoms with van der Waals surface area (Å²) in [7, 11) is 0. The van der Waals surface area contributed by atoms with E-state index in [1.54, 1.807) is 0 Å². The number of hydrogen-bond donors (Lipinski definition) is 1. The van der Waals surface area contributed by atoms with Crippen molar-refractivity contribution in [2.24, 2.45) is 0 Å². The Morgan fingerprint density at radius 2 is 1.74 bits per heavy atom. The summed E-state index contributed by atoms with van der Waals surface area (Å²) in [6, 6.07) is 21.3. The smallest absolute Gasteiger partial charge is 0.258 e. The highest BCUT2D eigenvalue weighted by Crippen LogP contribution is 2.30. The molecule has 0 saturated heterocycles. The molecule has 0 spiro atoms. The van der Waals surface area contributed by atoms with Crippen LogP contribution in [0.25, 0.3) is 0 Å². The van der Waals surface area contributed by atoms with Gasteiger partial charge in [0, 0.05) is 24.3 Å². The van der Waals surface area contributed by atoms with E-state index in [-0.39, 0.29) is 18.4 Å². The second-order valence-corrected chi connectivity index (χ2v) is 7.92. The van der Waals surface area contributed by atoms with Crippen LogP contribution in [-0.4, -0.2) is 25.0 Å². The quantitative estimate of drug-likeness (QED) is 0.658. The summed E-state index contributed by atoms with van der Waals surface area (Å²) in [5, 5.41) is 2.90. The second-order valence-electron chi connectivity index (χ2n) is 7.92. The first kappa shape index (κ1) is 20.7. The van der Waals surface area contributed by atoms with E-state index >= 15 is 0 Å². The van der Waals surface area contributed by atoms with Crippen molar-refractivity contribution in [1.82, 2.24) is 5.32 Å². The average molecular weight is 415 g/mol. The Morgan fingerprint density at radius 3 is 2.52 bits per heavy atom. The van der Waals surface area contributed by atoms with Crippen molar-refractivity contribution in [1.29, 1.82) is 0 Å². The number of ether oxygens (including phenoxy) is 1. The zero-order chi connectivity index (χ0) is 21.8. The van der Waals surface area contributed by atoms with Gasteiger partial charge in [0.1, 0.15) is 5.75 Å². The number of aryl methyl sites for hydroxylation is 2. The van der Waals surface area contributed by atoms with E-state index in [4.69, 9.17) is 4.74 Å². The number of rotatable bonds is 6. The van der Waals surface area contributed by atoms with Crippen molar-refractivity contribution in [2.75, 3.05) is 18.1 Å². The molecule has 0 aliphatic carbocycles. The maximum Gasteiger partial charge on any atom is 0.258 e. The predicted octanol–water partition coefficient (Wildman–Crippen LogP) is 4.20. The van der Waals surface area contributed by atoms with Gasteiger partial charge in [0.2, 0.25) is 0 Å². The second kappa shape index (κ2) is 9.04. The maximum absolute atomic E-state index is 12.9. The third-order valence-corrected chi connectivity index (χ3v) is 5.40. The molecule has 0 radical (unpaired) electrons. The molecule has 0 fully saturated rings. The first-order chi connectivity index (χ1) is 15.0. The fourth-order valence-electron chi connectivity index (χ4n) is 3.82. The number of anilines is 1. The molecule has 5 heteroatoms. The number of nitrogens with zero attached hydrogens (tertiary/aromatic N) is 1. The molecule has 1 aliphatic rings. The number of fused-ring (bicyclic) bond motifs is 1. The first-order valence-corrected chi connectivity index (χ1v) is 10.5. The molecular formula is C26H26N2O3. The summed E-state index contributed by atoms with van der Waals surface area (Å²) in [6.45, 7) is 5.04. The van der Waals surface area contributed by atoms with Crippen molar-refractivity contribution < 1.29 is 14.3 Å². The van der Waals surface area contributed by atoms with Crippen molar-refractivity contribution in [3.8, 4) is 5.75 Å². The van der Waals surface area contributed by atoms with E-state index in [0.29, 0.717) is 24.4 Å². The molecule has 158 valence electrons. The van der Waals surface area contributed by atoms with E-state index in [1.165, 1.54) is 0 Å². The lowest BCUT2D eigenvalue weighted by molar-refractivity contribution is -0.123. The van der Waals surface area contributed by atoms with Gasteiger partial charge in [-0.25, -0.2) is 0 Å². The molecule has 31 heavy (non-hydrogen) atoms. The molecule has 0 bridgehead atoms. The molecule has 0 unspecified atom stereocenters. The minimum Gasteiger partial charge on any atom is -0.484 e. The minimum atomic E-state index is -0.168. The third kappa shape index (κ3) is 4.94. The van der Waals surface area contributed by atoms with Crippen LogP contribution in [0.2, 0.25) is 0 Å². The van der Waals surface area contributed by atoms with Gasteiger partial charge in [-0.2, -0.15) is 0 Å². The van der Waals surface area contributed by atoms with Crippen LogP contribution in [0.15, 0.2) is 66.7 Å². The Bertz CT molecular complexity index is 1120. The number of hydrogen-bond acceptors (Lipinski definition) is 3. The van der Waals surface area contributed by atoms with Crippen LogP contribution in [0.1, 0.15) is 32.6 Å². The van der Waals surface area contributed by atoms with Crippen LogP contribution in [-0.2, 0) is 17.8 Å². The lowest BCUT2D eigenvalue weighted by Crippen LogP contribution is -2.29. The molecule has 1 aliphatic heterocycles. The van der Waals surface area contributed by atoms with Crippen LogP contribution in [0.3, 0.4) is 0 Å². The Hall–Kier alpha value is -3.60. The molecule has 1 N–H and O–H groups in total. The highest BCUT2D eigenvalue weighted by atomic mass is 16.5. The summed E-state index contributed by atoms with van der Waals surface area (Å²) in [5.74, 6) is 0.543. The Morgan fingerprint density at radius 1 is 0.968 bits per heavy atom. The van der Waals surface area contributed by atoms with Crippen LogP contribution in [0.5, 0.6) is 5.75 Å². The van der Waals surface area contributed by atoms with Crippen molar-refractivity contribution in [2.45, 2.75) is 26.8 Å². The Labute approximate surface area is 182 Å². The molecule has 2 amide bonds. The van der Waals surface area contributed by atoms with E-state index in [9.17, 15) is 9.59 Å². The number of amides is 2. The zero-order valence-electron chi connectivity index (χ0n) is 17.9. The van der Waals surface area contributed by atoms with Gasteiger partial charge in [0.05, 0.1) is 0 Å². The number of nitrogens with one attached hydrogen (secondary N) is 1. The van der Waals surface area contributed by atoms with Gasteiger partial charge in [0.25, 0.3) is 11.8 Å². The fraction of sp³-hybridized carbons (Fsp3) is 0.231. The molecule has 0 saturated carbocycles. The molecule has 4 rings (SSSR count). The van der Waals surface area contributed by atoms with Gasteiger partial charge >= 0.3 is 0 Å². The summed E-state index contributed by atoms with van der Waals surface area (Å²) in [6.07, 6.45) is 0.811. The summed E-state index contributed by atoms with van der Waals surface area (Å²) in [4.78, 5) is 26.9. The van der Waals surface area contributed by atoms with Gasteiger partial charge in [0.15, 0.2) is 6.61 Å². The van der Waals surface area contributed by atoms with Gasteiger partial charge < -0.3 is 15.0 Å². The maximum atomic E-state index is 12.9. The van der Waals surface area contributed by atoms with E-state index in [1.807, 2.05) is 79.4 Å². The van der Waals surface area contributed by atoms with Crippen LogP contribution in [0, 0.1) is 13.8 Å². The van der Waals surface area contributed by atoms with Crippen LogP contribution >= 0.6 is 0 Å². The largest absolute Gasteiger partial charge is 0.484 e. The van der Waals surface area contributed by atoms with Crippen LogP contribution in [0.4, 0.5) is 5.69 Å². The minimum absolute atomic E-state index is 0.0207. The fourth-order valence-corrected chi connectivity index (χ4v) is 3.82. The lowest BCUT2D eigenvalue weighted by Gasteiger charge is -2.18. The Kier molecular flexibility index (Phi) is 6.03. The normalized spacial score (nSPS) is 12.4. The van der Waals surface area contributed by atoms with E-state index in [2.05, 4.69) is 11.4 Å². The standard InChI is InChI=1S/C26H26N2O3/c1-18-5-3-7-22(13-18)26(30)28-12-11-21-15-20(9-10-24(21)28)16-27-25(29)17-31-23-8-4-6-19(2)14-23/h3-10,13-15H,11-12,16-17H2,1-2H3,(H,27,29). The van der Waals surface area contributed by atoms with Gasteiger partial charge in [-0.05, 0) is 67.3 Å². The lowest BCUT2D eigenvalue weighted by atomic mass is 10.1. The third-order valence-electron chi connectivity index (χ3n) is 5.40. The topological polar surface area (TPSA) is 58.6 Å². The average Bonchev–Trinajstić information content (AvgIpc) is 3.19. The zero-order valence-corrected chi connectivity index (χ0v) is 17.9. The molecule has 1 heterocycles. The molecule has 0 aromatic heterocycles. The van der Waals surface area contributed by atoms with Crippen molar-refractivity contribution in [3.63, 3.8) is 0 Å². The highest BCUT2D eigenvalue weighted by molar-refractivity contribution is 6.07. The van der Waals surface area contributed by atoms with E-state index < -0.39 is 0 Å². The summed E-state index contributed by atoms with van der Waals surface area (Å²) < 4.78 is 5.55. The molecular weight excluding hydrogens is 388 g/mol. The van der Waals surface area contributed by atoms with Gasteiger partial charge in [-0.1, -0.05) is 42.0 Å². The SMILES string of the molecule is Cc1cccc(OCC(=O)NCc2ccc3c(c2)CCN3C(=O)c2cccc(C)c2)c1. The summed E-state index contributed by atoms with van der Waals surface area (Å²) >= 11 is 0. The molecule has 0 atom stereocenters. The predicted molar refractivity (Wildman–Crippen MR) is 122 cm³/mol. The Balaban J connectivity index is 1.34. The van der Waals surface area contributed by atoms with Crippen LogP contribution < -0.4 is 15.0 Å². The van der Waals surface area contributed by atoms with E-state index in [0.717, 1.165) is 34.4 Å². The van der Waals surface area contributed by atoms with Gasteiger partial charge in [-0.15, -0.1) is 0 Å². The van der Waals surface area contributed by atoms with Crippen molar-refractivity contribution >= 4 is 17.5 Å². The highest BCUT2D eigenvalue weighted by Gasteiger charge is 2.25. The number of benzene rings is 3.